The first kappa shape index (κ1) is 14.0. The highest BCUT2D eigenvalue weighted by atomic mass is 15.1. The Hall–Kier alpha value is -0.0400. The van der Waals surface area contributed by atoms with Crippen LogP contribution in [0.25, 0.3) is 0 Å². The highest BCUT2D eigenvalue weighted by molar-refractivity contribution is 4.79. The normalized spacial score (nSPS) is 25.3. The molecule has 0 aromatic carbocycles. The lowest BCUT2D eigenvalue weighted by Crippen LogP contribution is -2.35. The van der Waals surface area contributed by atoms with Crippen LogP contribution in [-0.4, -0.2) is 25.0 Å². The molecule has 0 bridgehead atoms. The monoisotopic (exact) mass is 199 g/mol. The summed E-state index contributed by atoms with van der Waals surface area (Å²) in [5.41, 5.74) is 0. The molecule has 1 heteroatoms. The Labute approximate surface area is 90.9 Å². The number of unbranched alkanes of at least 4 members (excludes halogenated alkanes) is 1. The van der Waals surface area contributed by atoms with Gasteiger partial charge in [0, 0.05) is 6.54 Å². The predicted molar refractivity (Wildman–Crippen MR) is 65.6 cm³/mol. The molecule has 1 nitrogen and oxygen atoms in total. The molecule has 0 aromatic rings. The van der Waals surface area contributed by atoms with Gasteiger partial charge in [-0.05, 0) is 38.3 Å². The smallest absolute Gasteiger partial charge is 0.000915 e. The molecule has 2 unspecified atom stereocenters. The van der Waals surface area contributed by atoms with Crippen LogP contribution in [0.1, 0.15) is 53.4 Å². The second-order valence-corrected chi connectivity index (χ2v) is 4.43. The molecule has 1 fully saturated rings. The predicted octanol–water partition coefficient (Wildman–Crippen LogP) is 3.79. The molecule has 1 rings (SSSR count). The maximum atomic E-state index is 2.50. The van der Waals surface area contributed by atoms with E-state index in [1.165, 1.54) is 38.8 Å². The van der Waals surface area contributed by atoms with Crippen molar-refractivity contribution in [1.82, 2.24) is 4.90 Å². The quantitative estimate of drug-likeness (QED) is 0.651. The Morgan fingerprint density at radius 1 is 1.21 bits per heavy atom. The first-order valence-electron chi connectivity index (χ1n) is 6.42. The van der Waals surface area contributed by atoms with Crippen molar-refractivity contribution < 1.29 is 0 Å². The second kappa shape index (κ2) is 8.28. The maximum absolute atomic E-state index is 2.50. The fourth-order valence-corrected chi connectivity index (χ4v) is 1.93. The van der Waals surface area contributed by atoms with Gasteiger partial charge in [0.2, 0.25) is 0 Å². The molecule has 2 atom stereocenters. The first-order valence-corrected chi connectivity index (χ1v) is 6.42. The average molecular weight is 199 g/mol. The molecule has 1 aliphatic carbocycles. The average Bonchev–Trinajstić information content (AvgIpc) is 2.23. The Morgan fingerprint density at radius 3 is 2.21 bits per heavy atom. The Bertz CT molecular complexity index is 122. The van der Waals surface area contributed by atoms with Gasteiger partial charge in [-0.1, -0.05) is 40.5 Å². The van der Waals surface area contributed by atoms with Crippen molar-refractivity contribution in [3.63, 3.8) is 0 Å². The molecule has 0 N–H and O–H groups in total. The summed E-state index contributed by atoms with van der Waals surface area (Å²) in [4.78, 5) is 2.50. The van der Waals surface area contributed by atoms with Crippen LogP contribution in [-0.2, 0) is 0 Å². The van der Waals surface area contributed by atoms with E-state index in [2.05, 4.69) is 25.8 Å². The van der Waals surface area contributed by atoms with Crippen molar-refractivity contribution in [3.05, 3.63) is 0 Å². The molecular weight excluding hydrogens is 170 g/mol. The Morgan fingerprint density at radius 2 is 1.86 bits per heavy atom. The summed E-state index contributed by atoms with van der Waals surface area (Å²) in [6.45, 7) is 11.3. The molecule has 86 valence electrons. The van der Waals surface area contributed by atoms with E-state index in [0.29, 0.717) is 0 Å². The van der Waals surface area contributed by atoms with Gasteiger partial charge in [0.1, 0.15) is 0 Å². The van der Waals surface area contributed by atoms with Gasteiger partial charge in [-0.25, -0.2) is 0 Å². The van der Waals surface area contributed by atoms with Crippen molar-refractivity contribution in [1.29, 1.82) is 0 Å². The first-order chi connectivity index (χ1) is 6.74. The van der Waals surface area contributed by atoms with Crippen LogP contribution < -0.4 is 0 Å². The number of nitrogens with zero attached hydrogens (tertiary/aromatic N) is 1. The molecule has 0 radical (unpaired) electrons. The minimum atomic E-state index is 0.995. The lowest BCUT2D eigenvalue weighted by Gasteiger charge is -2.36. The van der Waals surface area contributed by atoms with Gasteiger partial charge in [0.05, 0.1) is 0 Å². The third-order valence-electron chi connectivity index (χ3n) is 3.24. The Kier molecular flexibility index (Phi) is 8.26. The van der Waals surface area contributed by atoms with E-state index >= 15 is 0 Å². The van der Waals surface area contributed by atoms with E-state index in [1.54, 1.807) is 0 Å². The van der Waals surface area contributed by atoms with Crippen LogP contribution in [0.3, 0.4) is 0 Å². The minimum absolute atomic E-state index is 0.995. The zero-order valence-corrected chi connectivity index (χ0v) is 10.8. The van der Waals surface area contributed by atoms with Gasteiger partial charge in [0.25, 0.3) is 0 Å². The number of rotatable bonds is 5. The van der Waals surface area contributed by atoms with E-state index in [-0.39, 0.29) is 0 Å². The molecule has 0 aliphatic heterocycles. The van der Waals surface area contributed by atoms with Gasteiger partial charge in [-0.3, -0.25) is 0 Å². The molecule has 0 amide bonds. The Balaban J connectivity index is 0.000000791. The molecule has 1 saturated carbocycles. The summed E-state index contributed by atoms with van der Waals surface area (Å²) in [6.07, 6.45) is 5.62. The van der Waals surface area contributed by atoms with Crippen LogP contribution in [0.4, 0.5) is 0 Å². The molecule has 14 heavy (non-hydrogen) atoms. The largest absolute Gasteiger partial charge is 0.306 e. The summed E-state index contributed by atoms with van der Waals surface area (Å²) in [5, 5.41) is 0. The van der Waals surface area contributed by atoms with Crippen LogP contribution in [0.15, 0.2) is 0 Å². The molecule has 0 heterocycles. The number of hydrogen-bond donors (Lipinski definition) is 0. The zero-order chi connectivity index (χ0) is 11.0. The van der Waals surface area contributed by atoms with E-state index in [4.69, 9.17) is 0 Å². The maximum Gasteiger partial charge on any atom is 0.000915 e. The lowest BCUT2D eigenvalue weighted by molar-refractivity contribution is 0.135. The molecule has 0 saturated heterocycles. The van der Waals surface area contributed by atoms with Crippen molar-refractivity contribution in [2.45, 2.75) is 53.4 Å². The van der Waals surface area contributed by atoms with E-state index in [0.717, 1.165) is 11.8 Å². The molecule has 0 spiro atoms. The van der Waals surface area contributed by atoms with Crippen LogP contribution in [0.5, 0.6) is 0 Å². The van der Waals surface area contributed by atoms with Crippen molar-refractivity contribution in [2.75, 3.05) is 20.1 Å². The summed E-state index contributed by atoms with van der Waals surface area (Å²) < 4.78 is 0. The van der Waals surface area contributed by atoms with Gasteiger partial charge in [0.15, 0.2) is 0 Å². The molecule has 1 aliphatic rings. The van der Waals surface area contributed by atoms with Crippen molar-refractivity contribution in [2.24, 2.45) is 11.8 Å². The van der Waals surface area contributed by atoms with Gasteiger partial charge < -0.3 is 4.90 Å². The van der Waals surface area contributed by atoms with Crippen LogP contribution >= 0.6 is 0 Å². The molecule has 0 aromatic heterocycles. The summed E-state index contributed by atoms with van der Waals surface area (Å²) in [6, 6.07) is 0. The highest BCUT2D eigenvalue weighted by Gasteiger charge is 2.27. The fourth-order valence-electron chi connectivity index (χ4n) is 1.93. The van der Waals surface area contributed by atoms with Gasteiger partial charge >= 0.3 is 0 Å². The van der Waals surface area contributed by atoms with Crippen molar-refractivity contribution in [3.8, 4) is 0 Å². The highest BCUT2D eigenvalue weighted by Crippen LogP contribution is 2.33. The van der Waals surface area contributed by atoms with Gasteiger partial charge in [-0.15, -0.1) is 0 Å². The van der Waals surface area contributed by atoms with Crippen molar-refractivity contribution >= 4 is 0 Å². The standard InChI is InChI=1S/C11H23N.C2H6/c1-4-5-8-12(3)9-11-7-6-10(11)2;1-2/h10-11H,4-9H2,1-3H3;1-2H3. The SMILES string of the molecule is CC.CCCCN(C)CC1CCC1C. The van der Waals surface area contributed by atoms with E-state index in [1.807, 2.05) is 13.8 Å². The lowest BCUT2D eigenvalue weighted by atomic mass is 9.75. The van der Waals surface area contributed by atoms with E-state index < -0.39 is 0 Å². The number of hydrogen-bond acceptors (Lipinski definition) is 1. The van der Waals surface area contributed by atoms with Crippen LogP contribution in [0, 0.1) is 11.8 Å². The minimum Gasteiger partial charge on any atom is -0.306 e. The van der Waals surface area contributed by atoms with Crippen LogP contribution in [0.2, 0.25) is 0 Å². The zero-order valence-electron chi connectivity index (χ0n) is 10.8. The third kappa shape index (κ3) is 4.99. The van der Waals surface area contributed by atoms with E-state index in [9.17, 15) is 0 Å². The summed E-state index contributed by atoms with van der Waals surface area (Å²) in [5.74, 6) is 2.00. The summed E-state index contributed by atoms with van der Waals surface area (Å²) >= 11 is 0. The fraction of sp³-hybridized carbons (Fsp3) is 1.00. The topological polar surface area (TPSA) is 3.24 Å². The summed E-state index contributed by atoms with van der Waals surface area (Å²) in [7, 11) is 2.26. The third-order valence-corrected chi connectivity index (χ3v) is 3.24. The van der Waals surface area contributed by atoms with Gasteiger partial charge in [-0.2, -0.15) is 0 Å². The molecular formula is C13H29N. The second-order valence-electron chi connectivity index (χ2n) is 4.43.